The Kier molecular flexibility index (Phi) is 4.62. The number of anilines is 2. The molecule has 0 saturated heterocycles. The SMILES string of the molecule is CC(CCNc1ccc(C#N)cc1N)c1ccccc1. The first-order chi connectivity index (χ1) is 9.70. The minimum Gasteiger partial charge on any atom is -0.397 e. The zero-order valence-electron chi connectivity index (χ0n) is 11.6. The van der Waals surface area contributed by atoms with Gasteiger partial charge in [0.15, 0.2) is 0 Å². The van der Waals surface area contributed by atoms with Crippen LogP contribution in [0, 0.1) is 11.3 Å². The van der Waals surface area contributed by atoms with E-state index in [4.69, 9.17) is 11.0 Å². The summed E-state index contributed by atoms with van der Waals surface area (Å²) >= 11 is 0. The van der Waals surface area contributed by atoms with Crippen LogP contribution in [0.3, 0.4) is 0 Å². The first-order valence-electron chi connectivity index (χ1n) is 6.79. The van der Waals surface area contributed by atoms with Crippen molar-refractivity contribution in [2.45, 2.75) is 19.3 Å². The van der Waals surface area contributed by atoms with Crippen LogP contribution in [-0.4, -0.2) is 6.54 Å². The zero-order valence-corrected chi connectivity index (χ0v) is 11.6. The fourth-order valence-electron chi connectivity index (χ4n) is 2.16. The number of nitriles is 1. The molecule has 2 aromatic carbocycles. The van der Waals surface area contributed by atoms with Gasteiger partial charge in [0.1, 0.15) is 0 Å². The van der Waals surface area contributed by atoms with Crippen LogP contribution < -0.4 is 11.1 Å². The topological polar surface area (TPSA) is 61.8 Å². The number of nitrogens with zero attached hydrogens (tertiary/aromatic N) is 1. The van der Waals surface area contributed by atoms with E-state index in [1.807, 2.05) is 12.1 Å². The summed E-state index contributed by atoms with van der Waals surface area (Å²) in [4.78, 5) is 0. The molecule has 102 valence electrons. The van der Waals surface area contributed by atoms with Gasteiger partial charge in [0, 0.05) is 6.54 Å². The smallest absolute Gasteiger partial charge is 0.0992 e. The van der Waals surface area contributed by atoms with E-state index in [0.717, 1.165) is 18.7 Å². The monoisotopic (exact) mass is 265 g/mol. The van der Waals surface area contributed by atoms with E-state index in [9.17, 15) is 0 Å². The average Bonchev–Trinajstić information content (AvgIpc) is 2.49. The number of rotatable bonds is 5. The Morgan fingerprint density at radius 1 is 1.20 bits per heavy atom. The first kappa shape index (κ1) is 14.0. The second kappa shape index (κ2) is 6.63. The molecule has 0 bridgehead atoms. The fourth-order valence-corrected chi connectivity index (χ4v) is 2.16. The molecule has 0 fully saturated rings. The van der Waals surface area contributed by atoms with Crippen LogP contribution in [0.4, 0.5) is 11.4 Å². The molecule has 0 radical (unpaired) electrons. The maximum Gasteiger partial charge on any atom is 0.0992 e. The summed E-state index contributed by atoms with van der Waals surface area (Å²) in [7, 11) is 0. The molecule has 0 aliphatic heterocycles. The van der Waals surface area contributed by atoms with Crippen molar-refractivity contribution in [3.05, 3.63) is 59.7 Å². The van der Waals surface area contributed by atoms with Crippen molar-refractivity contribution in [2.75, 3.05) is 17.6 Å². The van der Waals surface area contributed by atoms with E-state index in [-0.39, 0.29) is 0 Å². The molecular weight excluding hydrogens is 246 g/mol. The minimum atomic E-state index is 0.503. The van der Waals surface area contributed by atoms with Gasteiger partial charge >= 0.3 is 0 Å². The molecule has 2 aromatic rings. The molecule has 3 N–H and O–H groups in total. The van der Waals surface area contributed by atoms with Gasteiger partial charge in [-0.15, -0.1) is 0 Å². The molecule has 0 heterocycles. The van der Waals surface area contributed by atoms with Gasteiger partial charge in [0.25, 0.3) is 0 Å². The first-order valence-corrected chi connectivity index (χ1v) is 6.79. The van der Waals surface area contributed by atoms with E-state index in [2.05, 4.69) is 42.6 Å². The standard InChI is InChI=1S/C17H19N3/c1-13(15-5-3-2-4-6-15)9-10-20-17-8-7-14(12-18)11-16(17)19/h2-8,11,13,20H,9-10,19H2,1H3. The number of hydrogen-bond acceptors (Lipinski definition) is 3. The summed E-state index contributed by atoms with van der Waals surface area (Å²) < 4.78 is 0. The van der Waals surface area contributed by atoms with Crippen LogP contribution in [0.5, 0.6) is 0 Å². The fraction of sp³-hybridized carbons (Fsp3) is 0.235. The molecule has 0 amide bonds. The normalized spacial score (nSPS) is 11.6. The Labute approximate surface area is 120 Å². The Balaban J connectivity index is 1.89. The Hall–Kier alpha value is -2.47. The summed E-state index contributed by atoms with van der Waals surface area (Å²) in [6, 6.07) is 17.9. The molecule has 2 rings (SSSR count). The molecule has 3 nitrogen and oxygen atoms in total. The van der Waals surface area contributed by atoms with E-state index >= 15 is 0 Å². The number of nitrogen functional groups attached to an aromatic ring is 1. The predicted molar refractivity (Wildman–Crippen MR) is 83.5 cm³/mol. The maximum absolute atomic E-state index is 8.80. The second-order valence-electron chi connectivity index (χ2n) is 4.94. The molecule has 0 saturated carbocycles. The van der Waals surface area contributed by atoms with Gasteiger partial charge < -0.3 is 11.1 Å². The van der Waals surface area contributed by atoms with E-state index in [1.54, 1.807) is 12.1 Å². The lowest BCUT2D eigenvalue weighted by Crippen LogP contribution is -2.07. The highest BCUT2D eigenvalue weighted by Crippen LogP contribution is 2.22. The van der Waals surface area contributed by atoms with Gasteiger partial charge in [-0.25, -0.2) is 0 Å². The summed E-state index contributed by atoms with van der Waals surface area (Å²) in [5.41, 5.74) is 9.36. The molecule has 3 heteroatoms. The van der Waals surface area contributed by atoms with Crippen molar-refractivity contribution < 1.29 is 0 Å². The molecular formula is C17H19N3. The van der Waals surface area contributed by atoms with Crippen molar-refractivity contribution in [3.8, 4) is 6.07 Å². The van der Waals surface area contributed by atoms with Gasteiger partial charge in [0.05, 0.1) is 23.0 Å². The van der Waals surface area contributed by atoms with Gasteiger partial charge in [-0.05, 0) is 36.1 Å². The number of benzene rings is 2. The van der Waals surface area contributed by atoms with Crippen molar-refractivity contribution in [2.24, 2.45) is 0 Å². The number of nitrogens with one attached hydrogen (secondary N) is 1. The third-order valence-corrected chi connectivity index (χ3v) is 3.44. The molecule has 0 spiro atoms. The third-order valence-electron chi connectivity index (χ3n) is 3.44. The van der Waals surface area contributed by atoms with Crippen LogP contribution >= 0.6 is 0 Å². The predicted octanol–water partition coefficient (Wildman–Crippen LogP) is 3.75. The molecule has 0 aliphatic rings. The lowest BCUT2D eigenvalue weighted by molar-refractivity contribution is 0.706. The highest BCUT2D eigenvalue weighted by Gasteiger charge is 2.05. The van der Waals surface area contributed by atoms with E-state index in [1.165, 1.54) is 5.56 Å². The molecule has 0 aliphatic carbocycles. The quantitative estimate of drug-likeness (QED) is 0.809. The summed E-state index contributed by atoms with van der Waals surface area (Å²) in [5.74, 6) is 0.503. The van der Waals surface area contributed by atoms with Crippen molar-refractivity contribution in [1.82, 2.24) is 0 Å². The highest BCUT2D eigenvalue weighted by molar-refractivity contribution is 5.68. The second-order valence-corrected chi connectivity index (χ2v) is 4.94. The Morgan fingerprint density at radius 3 is 2.60 bits per heavy atom. The van der Waals surface area contributed by atoms with Crippen molar-refractivity contribution >= 4 is 11.4 Å². The van der Waals surface area contributed by atoms with Crippen LogP contribution in [0.25, 0.3) is 0 Å². The lowest BCUT2D eigenvalue weighted by atomic mass is 9.98. The molecule has 1 atom stereocenters. The molecule has 20 heavy (non-hydrogen) atoms. The Bertz CT molecular complexity index is 599. The van der Waals surface area contributed by atoms with E-state index in [0.29, 0.717) is 17.2 Å². The summed E-state index contributed by atoms with van der Waals surface area (Å²) in [5, 5.41) is 12.1. The lowest BCUT2D eigenvalue weighted by Gasteiger charge is -2.14. The highest BCUT2D eigenvalue weighted by atomic mass is 14.9. The maximum atomic E-state index is 8.80. The molecule has 1 unspecified atom stereocenters. The van der Waals surface area contributed by atoms with Crippen LogP contribution in [-0.2, 0) is 0 Å². The summed E-state index contributed by atoms with van der Waals surface area (Å²) in [6.45, 7) is 3.07. The van der Waals surface area contributed by atoms with Gasteiger partial charge in [-0.2, -0.15) is 5.26 Å². The van der Waals surface area contributed by atoms with Gasteiger partial charge in [-0.1, -0.05) is 37.3 Å². The van der Waals surface area contributed by atoms with Crippen molar-refractivity contribution in [1.29, 1.82) is 5.26 Å². The van der Waals surface area contributed by atoms with Gasteiger partial charge in [-0.3, -0.25) is 0 Å². The average molecular weight is 265 g/mol. The van der Waals surface area contributed by atoms with Crippen LogP contribution in [0.15, 0.2) is 48.5 Å². The molecule has 0 aromatic heterocycles. The van der Waals surface area contributed by atoms with Crippen molar-refractivity contribution in [3.63, 3.8) is 0 Å². The largest absolute Gasteiger partial charge is 0.397 e. The summed E-state index contributed by atoms with van der Waals surface area (Å²) in [6.07, 6.45) is 1.03. The van der Waals surface area contributed by atoms with E-state index < -0.39 is 0 Å². The number of nitrogens with two attached hydrogens (primary N) is 1. The third kappa shape index (κ3) is 3.52. The zero-order chi connectivity index (χ0) is 14.4. The number of hydrogen-bond donors (Lipinski definition) is 2. The minimum absolute atomic E-state index is 0.503. The van der Waals surface area contributed by atoms with Crippen LogP contribution in [0.2, 0.25) is 0 Å². The Morgan fingerprint density at radius 2 is 1.95 bits per heavy atom. The van der Waals surface area contributed by atoms with Crippen LogP contribution in [0.1, 0.15) is 30.4 Å². The van der Waals surface area contributed by atoms with Gasteiger partial charge in [0.2, 0.25) is 0 Å².